The zero-order chi connectivity index (χ0) is 22.1. The van der Waals surface area contributed by atoms with E-state index in [0.717, 1.165) is 11.4 Å². The molecular formula is C23H22ClN3O4. The third-order valence-electron chi connectivity index (χ3n) is 4.22. The van der Waals surface area contributed by atoms with E-state index in [-0.39, 0.29) is 6.61 Å². The molecule has 1 heterocycles. The monoisotopic (exact) mass is 439 g/mol. The first-order valence-corrected chi connectivity index (χ1v) is 10.0. The molecule has 2 aromatic carbocycles. The number of benzene rings is 2. The summed E-state index contributed by atoms with van der Waals surface area (Å²) in [6, 6.07) is 18.7. The number of para-hydroxylation sites is 2. The van der Waals surface area contributed by atoms with Crippen LogP contribution in [0.3, 0.4) is 0 Å². The molecule has 0 aliphatic heterocycles. The van der Waals surface area contributed by atoms with Crippen molar-refractivity contribution in [3.63, 3.8) is 0 Å². The molecule has 31 heavy (non-hydrogen) atoms. The van der Waals surface area contributed by atoms with Crippen LogP contribution in [0.25, 0.3) is 11.8 Å². The summed E-state index contributed by atoms with van der Waals surface area (Å²) in [5, 5.41) is 7.40. The molecule has 0 fully saturated rings. The number of aromatic nitrogens is 2. The van der Waals surface area contributed by atoms with Crippen molar-refractivity contribution in [2.45, 2.75) is 6.92 Å². The predicted octanol–water partition coefficient (Wildman–Crippen LogP) is 3.59. The first-order chi connectivity index (χ1) is 15.0. The number of nitrogens with one attached hydrogen (secondary N) is 1. The summed E-state index contributed by atoms with van der Waals surface area (Å²) in [6.45, 7) is 2.02. The van der Waals surface area contributed by atoms with Crippen molar-refractivity contribution in [2.24, 2.45) is 0 Å². The molecular weight excluding hydrogens is 418 g/mol. The summed E-state index contributed by atoms with van der Waals surface area (Å²) in [5.74, 6) is -0.346. The summed E-state index contributed by atoms with van der Waals surface area (Å²) in [6.07, 6.45) is 2.75. The molecule has 0 aliphatic carbocycles. The van der Waals surface area contributed by atoms with E-state index in [2.05, 4.69) is 10.4 Å². The Hall–Kier alpha value is -3.58. The van der Waals surface area contributed by atoms with Gasteiger partial charge in [-0.15, -0.1) is 0 Å². The third-order valence-corrected chi connectivity index (χ3v) is 4.58. The number of aryl methyl sites for hydroxylation is 1. The fourth-order valence-electron chi connectivity index (χ4n) is 2.70. The molecule has 7 nitrogen and oxygen atoms in total. The van der Waals surface area contributed by atoms with Crippen molar-refractivity contribution in [3.8, 4) is 11.4 Å². The number of hydrogen-bond acceptors (Lipinski definition) is 5. The van der Waals surface area contributed by atoms with Gasteiger partial charge in [-0.2, -0.15) is 5.10 Å². The van der Waals surface area contributed by atoms with E-state index in [1.165, 1.54) is 12.2 Å². The van der Waals surface area contributed by atoms with E-state index in [9.17, 15) is 9.59 Å². The van der Waals surface area contributed by atoms with Gasteiger partial charge in [0.2, 0.25) is 0 Å². The Morgan fingerprint density at radius 2 is 1.77 bits per heavy atom. The van der Waals surface area contributed by atoms with Crippen molar-refractivity contribution in [1.29, 1.82) is 0 Å². The smallest absolute Gasteiger partial charge is 0.331 e. The second kappa shape index (κ2) is 11.0. The molecule has 0 aliphatic rings. The van der Waals surface area contributed by atoms with Crippen molar-refractivity contribution < 1.29 is 19.1 Å². The van der Waals surface area contributed by atoms with Crippen LogP contribution in [0, 0.1) is 6.92 Å². The number of ether oxygens (including phenoxy) is 2. The molecule has 0 radical (unpaired) electrons. The van der Waals surface area contributed by atoms with Gasteiger partial charge in [0.1, 0.15) is 17.5 Å². The van der Waals surface area contributed by atoms with Gasteiger partial charge in [0, 0.05) is 11.6 Å². The molecule has 1 amide bonds. The van der Waals surface area contributed by atoms with Gasteiger partial charge >= 0.3 is 5.97 Å². The van der Waals surface area contributed by atoms with E-state index in [1.54, 1.807) is 11.6 Å². The maximum Gasteiger partial charge on any atom is 0.331 e. The first kappa shape index (κ1) is 22.1. The summed E-state index contributed by atoms with van der Waals surface area (Å²) >= 11 is 6.41. The molecule has 0 bridgehead atoms. The zero-order valence-corrected chi connectivity index (χ0v) is 17.7. The summed E-state index contributed by atoms with van der Waals surface area (Å²) < 4.78 is 12.0. The number of nitrogens with zero attached hydrogens (tertiary/aromatic N) is 2. The standard InChI is InChI=1S/C23H22ClN3O4/c1-17-20(23(24)27(26-17)18-8-4-2-5-9-18)12-13-22(29)31-16-21(28)25-14-15-30-19-10-6-3-7-11-19/h2-13H,14-16H2,1H3,(H,25,28)/b13-12+. The minimum atomic E-state index is -0.654. The SMILES string of the molecule is Cc1nn(-c2ccccc2)c(Cl)c1/C=C/C(=O)OCC(=O)NCCOc1ccccc1. The molecule has 1 aromatic heterocycles. The predicted molar refractivity (Wildman–Crippen MR) is 118 cm³/mol. The second-order valence-electron chi connectivity index (χ2n) is 6.49. The Balaban J connectivity index is 1.44. The normalized spacial score (nSPS) is 10.8. The van der Waals surface area contributed by atoms with Crippen LogP contribution in [0.1, 0.15) is 11.3 Å². The van der Waals surface area contributed by atoms with Crippen molar-refractivity contribution >= 4 is 29.6 Å². The Morgan fingerprint density at radius 1 is 1.10 bits per heavy atom. The van der Waals surface area contributed by atoms with Gasteiger partial charge in [0.05, 0.1) is 17.9 Å². The maximum absolute atomic E-state index is 12.0. The highest BCUT2D eigenvalue weighted by Gasteiger charge is 2.13. The second-order valence-corrected chi connectivity index (χ2v) is 6.85. The fraction of sp³-hybridized carbons (Fsp3) is 0.174. The number of carbonyl (C=O) groups excluding carboxylic acids is 2. The number of esters is 1. The van der Waals surface area contributed by atoms with Crippen LogP contribution >= 0.6 is 11.6 Å². The number of halogens is 1. The molecule has 0 saturated heterocycles. The topological polar surface area (TPSA) is 82.5 Å². The average Bonchev–Trinajstić information content (AvgIpc) is 3.08. The summed E-state index contributed by atoms with van der Waals surface area (Å²) in [7, 11) is 0. The van der Waals surface area contributed by atoms with Crippen molar-refractivity contribution in [2.75, 3.05) is 19.8 Å². The first-order valence-electron chi connectivity index (χ1n) is 9.64. The molecule has 3 rings (SSSR count). The highest BCUT2D eigenvalue weighted by atomic mass is 35.5. The number of amides is 1. The summed E-state index contributed by atoms with van der Waals surface area (Å²) in [5.41, 5.74) is 2.07. The van der Waals surface area contributed by atoms with Gasteiger partial charge in [0.15, 0.2) is 6.61 Å². The van der Waals surface area contributed by atoms with Crippen LogP contribution in [0.15, 0.2) is 66.7 Å². The van der Waals surface area contributed by atoms with Crippen LogP contribution in [0.5, 0.6) is 5.75 Å². The number of carbonyl (C=O) groups is 2. The lowest BCUT2D eigenvalue weighted by atomic mass is 10.2. The zero-order valence-electron chi connectivity index (χ0n) is 17.0. The van der Waals surface area contributed by atoms with Gasteiger partial charge in [-0.05, 0) is 37.3 Å². The number of hydrogen-bond donors (Lipinski definition) is 1. The Bertz CT molecular complexity index is 1050. The van der Waals surface area contributed by atoms with E-state index >= 15 is 0 Å². The van der Waals surface area contributed by atoms with Crippen LogP contribution in [-0.2, 0) is 14.3 Å². The highest BCUT2D eigenvalue weighted by Crippen LogP contribution is 2.24. The largest absolute Gasteiger partial charge is 0.492 e. The van der Waals surface area contributed by atoms with Crippen LogP contribution in [0.2, 0.25) is 5.15 Å². The third kappa shape index (κ3) is 6.45. The molecule has 0 atom stereocenters. The molecule has 0 unspecified atom stereocenters. The quantitative estimate of drug-likeness (QED) is 0.313. The van der Waals surface area contributed by atoms with Crippen LogP contribution in [-0.4, -0.2) is 41.4 Å². The maximum atomic E-state index is 12.0. The van der Waals surface area contributed by atoms with Crippen molar-refractivity contribution in [3.05, 3.63) is 83.2 Å². The van der Waals surface area contributed by atoms with Crippen LogP contribution in [0.4, 0.5) is 0 Å². The summed E-state index contributed by atoms with van der Waals surface area (Å²) in [4.78, 5) is 23.8. The highest BCUT2D eigenvalue weighted by molar-refractivity contribution is 6.31. The average molecular weight is 440 g/mol. The van der Waals surface area contributed by atoms with Gasteiger partial charge < -0.3 is 14.8 Å². The molecule has 0 spiro atoms. The Labute approximate surface area is 185 Å². The Kier molecular flexibility index (Phi) is 7.84. The number of rotatable bonds is 9. The van der Waals surface area contributed by atoms with E-state index in [4.69, 9.17) is 21.1 Å². The lowest BCUT2D eigenvalue weighted by Gasteiger charge is -2.07. The molecule has 1 N–H and O–H groups in total. The van der Waals surface area contributed by atoms with E-state index in [1.807, 2.05) is 60.7 Å². The van der Waals surface area contributed by atoms with E-state index < -0.39 is 11.9 Å². The fourth-order valence-corrected chi connectivity index (χ4v) is 3.04. The lowest BCUT2D eigenvalue weighted by molar-refractivity contribution is -0.143. The minimum absolute atomic E-state index is 0.300. The lowest BCUT2D eigenvalue weighted by Crippen LogP contribution is -2.31. The van der Waals surface area contributed by atoms with Crippen molar-refractivity contribution in [1.82, 2.24) is 15.1 Å². The van der Waals surface area contributed by atoms with E-state index in [0.29, 0.717) is 29.6 Å². The molecule has 0 saturated carbocycles. The van der Waals surface area contributed by atoms with Gasteiger partial charge in [-0.3, -0.25) is 4.79 Å². The van der Waals surface area contributed by atoms with Gasteiger partial charge in [-0.25, -0.2) is 9.48 Å². The molecule has 160 valence electrons. The van der Waals surface area contributed by atoms with Gasteiger partial charge in [-0.1, -0.05) is 48.0 Å². The Morgan fingerprint density at radius 3 is 2.48 bits per heavy atom. The van der Waals surface area contributed by atoms with Gasteiger partial charge in [0.25, 0.3) is 5.91 Å². The molecule has 3 aromatic rings. The van der Waals surface area contributed by atoms with Crippen LogP contribution < -0.4 is 10.1 Å². The molecule has 8 heteroatoms. The minimum Gasteiger partial charge on any atom is -0.492 e.